The van der Waals surface area contributed by atoms with Crippen molar-refractivity contribution in [1.29, 1.82) is 0 Å². The monoisotopic (exact) mass is 256 g/mol. The topological polar surface area (TPSA) is 41.8 Å². The van der Waals surface area contributed by atoms with Crippen molar-refractivity contribution in [3.63, 3.8) is 0 Å². The van der Waals surface area contributed by atoms with Gasteiger partial charge in [0.2, 0.25) is 0 Å². The SMILES string of the molecule is CC(C)=CCc1cc(C)cc2c(CC(C)N)c[nH]c12. The summed E-state index contributed by atoms with van der Waals surface area (Å²) in [4.78, 5) is 3.43. The van der Waals surface area contributed by atoms with Gasteiger partial charge in [-0.2, -0.15) is 0 Å². The second-order valence-corrected chi connectivity index (χ2v) is 5.83. The van der Waals surface area contributed by atoms with E-state index >= 15 is 0 Å². The van der Waals surface area contributed by atoms with Crippen LogP contribution in [0.15, 0.2) is 30.0 Å². The third-order valence-electron chi connectivity index (χ3n) is 3.37. The van der Waals surface area contributed by atoms with Crippen molar-refractivity contribution in [1.82, 2.24) is 4.98 Å². The summed E-state index contributed by atoms with van der Waals surface area (Å²) < 4.78 is 0. The molecule has 1 unspecified atom stereocenters. The lowest BCUT2D eigenvalue weighted by Gasteiger charge is -2.06. The number of nitrogens with one attached hydrogen (secondary N) is 1. The summed E-state index contributed by atoms with van der Waals surface area (Å²) >= 11 is 0. The molecule has 2 nitrogen and oxygen atoms in total. The van der Waals surface area contributed by atoms with Crippen molar-refractivity contribution in [3.05, 3.63) is 46.7 Å². The first-order valence-electron chi connectivity index (χ1n) is 6.96. The molecule has 19 heavy (non-hydrogen) atoms. The Morgan fingerprint density at radius 2 is 2.05 bits per heavy atom. The number of benzene rings is 1. The van der Waals surface area contributed by atoms with Gasteiger partial charge in [-0.3, -0.25) is 0 Å². The zero-order valence-corrected chi connectivity index (χ0v) is 12.4. The first-order chi connectivity index (χ1) is 8.97. The summed E-state index contributed by atoms with van der Waals surface area (Å²) in [5.41, 5.74) is 12.6. The van der Waals surface area contributed by atoms with E-state index in [1.54, 1.807) is 0 Å². The fraction of sp³-hybridized carbons (Fsp3) is 0.412. The van der Waals surface area contributed by atoms with E-state index in [1.165, 1.54) is 33.2 Å². The third kappa shape index (κ3) is 3.27. The molecule has 1 atom stereocenters. The maximum absolute atomic E-state index is 5.93. The van der Waals surface area contributed by atoms with E-state index in [1.807, 2.05) is 0 Å². The molecule has 2 heteroatoms. The molecule has 3 N–H and O–H groups in total. The van der Waals surface area contributed by atoms with E-state index in [4.69, 9.17) is 5.73 Å². The molecule has 0 saturated carbocycles. The van der Waals surface area contributed by atoms with E-state index in [0.29, 0.717) is 0 Å². The lowest BCUT2D eigenvalue weighted by molar-refractivity contribution is 0.741. The van der Waals surface area contributed by atoms with Gasteiger partial charge in [0.05, 0.1) is 0 Å². The zero-order chi connectivity index (χ0) is 14.0. The Bertz CT molecular complexity index is 599. The Morgan fingerprint density at radius 3 is 2.68 bits per heavy atom. The molecule has 1 heterocycles. The zero-order valence-electron chi connectivity index (χ0n) is 12.4. The average molecular weight is 256 g/mol. The van der Waals surface area contributed by atoms with Gasteiger partial charge in [0.25, 0.3) is 0 Å². The van der Waals surface area contributed by atoms with Crippen LogP contribution in [0.2, 0.25) is 0 Å². The number of aromatic amines is 1. The van der Waals surface area contributed by atoms with Gasteiger partial charge in [0, 0.05) is 23.1 Å². The lowest BCUT2D eigenvalue weighted by Crippen LogP contribution is -2.17. The molecule has 2 aromatic rings. The van der Waals surface area contributed by atoms with Gasteiger partial charge in [-0.25, -0.2) is 0 Å². The van der Waals surface area contributed by atoms with Crippen molar-refractivity contribution in [3.8, 4) is 0 Å². The van der Waals surface area contributed by atoms with Crippen molar-refractivity contribution >= 4 is 10.9 Å². The van der Waals surface area contributed by atoms with Crippen molar-refractivity contribution in [2.24, 2.45) is 5.73 Å². The van der Waals surface area contributed by atoms with E-state index in [9.17, 15) is 0 Å². The molecule has 0 fully saturated rings. The predicted molar refractivity (Wildman–Crippen MR) is 83.5 cm³/mol. The second-order valence-electron chi connectivity index (χ2n) is 5.83. The molecule has 0 bridgehead atoms. The van der Waals surface area contributed by atoms with Crippen molar-refractivity contribution in [2.45, 2.75) is 46.6 Å². The smallest absolute Gasteiger partial charge is 0.0492 e. The van der Waals surface area contributed by atoms with Crippen LogP contribution in [0.5, 0.6) is 0 Å². The minimum Gasteiger partial charge on any atom is -0.361 e. The van der Waals surface area contributed by atoms with E-state index in [-0.39, 0.29) is 6.04 Å². The van der Waals surface area contributed by atoms with Crippen LogP contribution >= 0.6 is 0 Å². The number of aromatic nitrogens is 1. The Morgan fingerprint density at radius 1 is 1.32 bits per heavy atom. The highest BCUT2D eigenvalue weighted by Gasteiger charge is 2.09. The average Bonchev–Trinajstić information content (AvgIpc) is 2.68. The summed E-state index contributed by atoms with van der Waals surface area (Å²) in [6.07, 6.45) is 6.30. The standard InChI is InChI=1S/C17H24N2/c1-11(2)5-6-14-7-12(3)8-16-15(9-13(4)18)10-19-17(14)16/h5,7-8,10,13,19H,6,9,18H2,1-4H3. The second kappa shape index (κ2) is 5.62. The number of H-pyrrole nitrogens is 1. The van der Waals surface area contributed by atoms with E-state index in [2.05, 4.69) is 57.1 Å². The molecule has 1 aromatic heterocycles. The number of rotatable bonds is 4. The van der Waals surface area contributed by atoms with Gasteiger partial charge < -0.3 is 10.7 Å². The number of hydrogen-bond acceptors (Lipinski definition) is 1. The maximum Gasteiger partial charge on any atom is 0.0492 e. The summed E-state index contributed by atoms with van der Waals surface area (Å²) in [5.74, 6) is 0. The molecule has 0 radical (unpaired) electrons. The molecule has 102 valence electrons. The van der Waals surface area contributed by atoms with Gasteiger partial charge in [0.15, 0.2) is 0 Å². The number of hydrogen-bond donors (Lipinski definition) is 2. The molecule has 0 amide bonds. The Balaban J connectivity index is 2.48. The van der Waals surface area contributed by atoms with Crippen LogP contribution in [0.3, 0.4) is 0 Å². The normalized spacial score (nSPS) is 12.7. The third-order valence-corrected chi connectivity index (χ3v) is 3.37. The van der Waals surface area contributed by atoms with Gasteiger partial charge in [-0.15, -0.1) is 0 Å². The number of aryl methyl sites for hydroxylation is 1. The molecular formula is C17H24N2. The molecule has 0 aliphatic heterocycles. The Kier molecular flexibility index (Phi) is 4.11. The fourth-order valence-corrected chi connectivity index (χ4v) is 2.51. The number of nitrogens with two attached hydrogens (primary N) is 1. The van der Waals surface area contributed by atoms with Crippen LogP contribution < -0.4 is 5.73 Å². The highest BCUT2D eigenvalue weighted by Crippen LogP contribution is 2.25. The minimum atomic E-state index is 0.195. The Labute approximate surface area is 115 Å². The van der Waals surface area contributed by atoms with Gasteiger partial charge in [-0.05, 0) is 57.7 Å². The minimum absolute atomic E-state index is 0.195. The highest BCUT2D eigenvalue weighted by atomic mass is 14.7. The van der Waals surface area contributed by atoms with Crippen molar-refractivity contribution < 1.29 is 0 Å². The quantitative estimate of drug-likeness (QED) is 0.801. The molecule has 0 spiro atoms. The van der Waals surface area contributed by atoms with Crippen LogP contribution in [0.25, 0.3) is 10.9 Å². The first-order valence-corrected chi connectivity index (χ1v) is 6.96. The van der Waals surface area contributed by atoms with E-state index in [0.717, 1.165) is 12.8 Å². The van der Waals surface area contributed by atoms with Crippen LogP contribution in [-0.4, -0.2) is 11.0 Å². The summed E-state index contributed by atoms with van der Waals surface area (Å²) in [6.45, 7) is 8.50. The fourth-order valence-electron chi connectivity index (χ4n) is 2.51. The van der Waals surface area contributed by atoms with Crippen LogP contribution in [0.1, 0.15) is 37.5 Å². The number of allylic oxidation sites excluding steroid dienone is 2. The summed E-state index contributed by atoms with van der Waals surface area (Å²) in [7, 11) is 0. The molecular weight excluding hydrogens is 232 g/mol. The highest BCUT2D eigenvalue weighted by molar-refractivity contribution is 5.87. The first kappa shape index (κ1) is 13.9. The maximum atomic E-state index is 5.93. The molecule has 2 rings (SSSR count). The number of fused-ring (bicyclic) bond motifs is 1. The van der Waals surface area contributed by atoms with E-state index < -0.39 is 0 Å². The van der Waals surface area contributed by atoms with Gasteiger partial charge in [0.1, 0.15) is 0 Å². The molecule has 1 aromatic carbocycles. The van der Waals surface area contributed by atoms with Gasteiger partial charge in [-0.1, -0.05) is 23.3 Å². The molecule has 0 saturated heterocycles. The summed E-state index contributed by atoms with van der Waals surface area (Å²) in [6, 6.07) is 4.73. The van der Waals surface area contributed by atoms with Crippen LogP contribution in [0, 0.1) is 6.92 Å². The van der Waals surface area contributed by atoms with Crippen LogP contribution in [-0.2, 0) is 12.8 Å². The Hall–Kier alpha value is -1.54. The van der Waals surface area contributed by atoms with Crippen molar-refractivity contribution in [2.75, 3.05) is 0 Å². The molecule has 0 aliphatic rings. The van der Waals surface area contributed by atoms with Crippen LogP contribution in [0.4, 0.5) is 0 Å². The molecule has 0 aliphatic carbocycles. The van der Waals surface area contributed by atoms with Gasteiger partial charge >= 0.3 is 0 Å². The predicted octanol–water partition coefficient (Wildman–Crippen LogP) is 3.87. The largest absolute Gasteiger partial charge is 0.361 e. The summed E-state index contributed by atoms with van der Waals surface area (Å²) in [5, 5.41) is 1.33. The lowest BCUT2D eigenvalue weighted by atomic mass is 10.00.